The Morgan fingerprint density at radius 1 is 0.955 bits per heavy atom. The molecule has 1 atom stereocenters. The molecule has 1 aliphatic rings. The van der Waals surface area contributed by atoms with E-state index in [9.17, 15) is 13.2 Å². The maximum Gasteiger partial charge on any atom is 0.416 e. The number of rotatable bonds is 2. The van der Waals surface area contributed by atoms with E-state index in [0.29, 0.717) is 5.69 Å². The van der Waals surface area contributed by atoms with E-state index in [2.05, 4.69) is 9.36 Å². The summed E-state index contributed by atoms with van der Waals surface area (Å²) in [5.41, 5.74) is 3.02. The van der Waals surface area contributed by atoms with Crippen molar-refractivity contribution in [1.82, 2.24) is 0 Å². The van der Waals surface area contributed by atoms with Gasteiger partial charge in [-0.3, -0.25) is 0 Å². The Morgan fingerprint density at radius 3 is 2.45 bits per heavy atom. The highest BCUT2D eigenvalue weighted by Crippen LogP contribution is 2.32. The summed E-state index contributed by atoms with van der Waals surface area (Å²) in [6.07, 6.45) is -4.36. The first-order valence-corrected chi connectivity index (χ1v) is 7.76. The molecule has 0 saturated carbocycles. The predicted molar refractivity (Wildman–Crippen MR) is 83.8 cm³/mol. The summed E-state index contributed by atoms with van der Waals surface area (Å²) in [4.78, 5) is 4.29. The van der Waals surface area contributed by atoms with Gasteiger partial charge in [-0.2, -0.15) is 13.2 Å². The highest BCUT2D eigenvalue weighted by atomic mass is 32.2. The van der Waals surface area contributed by atoms with Crippen molar-refractivity contribution in [1.29, 1.82) is 0 Å². The zero-order chi connectivity index (χ0) is 15.6. The fourth-order valence-corrected chi connectivity index (χ4v) is 3.11. The van der Waals surface area contributed by atoms with Crippen LogP contribution in [0, 0.1) is 0 Å². The smallest absolute Gasteiger partial charge is 0.247 e. The molecule has 0 spiro atoms. The van der Waals surface area contributed by atoms with Crippen LogP contribution in [0.15, 0.2) is 69.4 Å². The first-order valence-electron chi connectivity index (χ1n) is 6.45. The van der Waals surface area contributed by atoms with E-state index in [1.54, 1.807) is 11.6 Å². The van der Waals surface area contributed by atoms with Crippen LogP contribution in [0.5, 0.6) is 0 Å². The van der Waals surface area contributed by atoms with Crippen LogP contribution in [0.3, 0.4) is 0 Å². The van der Waals surface area contributed by atoms with Crippen LogP contribution < -0.4 is 0 Å². The van der Waals surface area contributed by atoms with Crippen LogP contribution in [-0.4, -0.2) is 5.55 Å². The first-order chi connectivity index (χ1) is 10.5. The molecule has 0 N–H and O–H groups in total. The number of alkyl halides is 3. The zero-order valence-corrected chi connectivity index (χ0v) is 12.1. The van der Waals surface area contributed by atoms with Gasteiger partial charge in [-0.25, -0.2) is 9.36 Å². The van der Waals surface area contributed by atoms with Gasteiger partial charge in [0.25, 0.3) is 0 Å². The van der Waals surface area contributed by atoms with Crippen molar-refractivity contribution in [3.8, 4) is 0 Å². The molecule has 0 amide bonds. The Kier molecular flexibility index (Phi) is 3.94. The molecule has 2 nitrogen and oxygen atoms in total. The van der Waals surface area contributed by atoms with Gasteiger partial charge in [-0.1, -0.05) is 36.4 Å². The number of hydrogen-bond donors (Lipinski definition) is 0. The Balaban J connectivity index is 1.89. The van der Waals surface area contributed by atoms with E-state index in [1.165, 1.54) is 6.07 Å². The average Bonchev–Trinajstić information content (AvgIpc) is 2.96. The minimum Gasteiger partial charge on any atom is -0.247 e. The van der Waals surface area contributed by atoms with E-state index in [0.717, 1.165) is 23.4 Å². The number of halogens is 3. The summed E-state index contributed by atoms with van der Waals surface area (Å²) in [5.74, 6) is 0. The zero-order valence-electron chi connectivity index (χ0n) is 11.3. The Morgan fingerprint density at radius 2 is 1.73 bits per heavy atom. The van der Waals surface area contributed by atoms with E-state index in [-0.39, 0.29) is 0 Å². The van der Waals surface area contributed by atoms with Gasteiger partial charge in [0.1, 0.15) is 0 Å². The summed E-state index contributed by atoms with van der Waals surface area (Å²) >= 11 is 0. The van der Waals surface area contributed by atoms with E-state index in [4.69, 9.17) is 0 Å². The van der Waals surface area contributed by atoms with Crippen molar-refractivity contribution in [3.05, 3.63) is 71.1 Å². The molecule has 22 heavy (non-hydrogen) atoms. The Labute approximate surface area is 128 Å². The number of aliphatic imine (C=N–C) groups is 1. The van der Waals surface area contributed by atoms with Gasteiger partial charge in [0.05, 0.1) is 22.5 Å². The molecule has 1 heterocycles. The van der Waals surface area contributed by atoms with E-state index < -0.39 is 22.4 Å². The van der Waals surface area contributed by atoms with Crippen molar-refractivity contribution in [3.63, 3.8) is 0 Å². The molecular formula is C16H11F3N2S. The molecule has 3 rings (SSSR count). The molecule has 0 radical (unpaired) electrons. The fourth-order valence-electron chi connectivity index (χ4n) is 1.95. The lowest BCUT2D eigenvalue weighted by Gasteiger charge is -2.06. The normalized spacial score (nSPS) is 17.8. The van der Waals surface area contributed by atoms with Crippen molar-refractivity contribution in [2.45, 2.75) is 6.18 Å². The molecule has 0 saturated heterocycles. The lowest BCUT2D eigenvalue weighted by atomic mass is 10.2. The maximum atomic E-state index is 12.7. The molecule has 1 aliphatic heterocycles. The number of nitrogens with zero attached hydrogens (tertiary/aromatic N) is 2. The monoisotopic (exact) mass is 320 g/mol. The molecule has 2 aromatic rings. The van der Waals surface area contributed by atoms with Gasteiger partial charge in [0.15, 0.2) is 0 Å². The summed E-state index contributed by atoms with van der Waals surface area (Å²) < 4.78 is 42.4. The third-order valence-electron chi connectivity index (χ3n) is 2.99. The second-order valence-corrected chi connectivity index (χ2v) is 5.91. The molecule has 0 bridgehead atoms. The fraction of sp³-hybridized carbons (Fsp3) is 0.0625. The SMILES string of the molecule is FC(F)(F)c1cccc(N=S2C=NC(c3ccccc3)=C2)c1. The minimum atomic E-state index is -4.36. The van der Waals surface area contributed by atoms with Gasteiger partial charge in [-0.05, 0) is 28.9 Å². The van der Waals surface area contributed by atoms with Crippen molar-refractivity contribution in [2.75, 3.05) is 0 Å². The van der Waals surface area contributed by atoms with Gasteiger partial charge < -0.3 is 0 Å². The average molecular weight is 320 g/mol. The summed E-state index contributed by atoms with van der Waals surface area (Å²) in [6, 6.07) is 14.6. The molecular weight excluding hydrogens is 309 g/mol. The van der Waals surface area contributed by atoms with Crippen LogP contribution >= 0.6 is 0 Å². The second kappa shape index (κ2) is 5.88. The van der Waals surface area contributed by atoms with Crippen LogP contribution in [-0.2, 0) is 16.9 Å². The van der Waals surface area contributed by atoms with Gasteiger partial charge >= 0.3 is 6.18 Å². The van der Waals surface area contributed by atoms with Gasteiger partial charge in [0.2, 0.25) is 0 Å². The molecule has 112 valence electrons. The Bertz CT molecular complexity index is 777. The minimum absolute atomic E-state index is 0.301. The standard InChI is InChI=1S/C16H11F3N2S/c17-16(18,19)13-7-4-8-14(9-13)21-22-10-15(20-11-22)12-5-2-1-3-6-12/h1-11H. The van der Waals surface area contributed by atoms with E-state index >= 15 is 0 Å². The highest BCUT2D eigenvalue weighted by Gasteiger charge is 2.30. The lowest BCUT2D eigenvalue weighted by Crippen LogP contribution is -2.03. The summed E-state index contributed by atoms with van der Waals surface area (Å²) in [7, 11) is -0.640. The first kappa shape index (κ1) is 14.7. The molecule has 0 aliphatic carbocycles. The number of benzene rings is 2. The Hall–Kier alpha value is -2.21. The van der Waals surface area contributed by atoms with Crippen molar-refractivity contribution in [2.24, 2.45) is 9.36 Å². The summed E-state index contributed by atoms with van der Waals surface area (Å²) in [5, 5.41) is 1.86. The predicted octanol–water partition coefficient (Wildman–Crippen LogP) is 5.18. The summed E-state index contributed by atoms with van der Waals surface area (Å²) in [6.45, 7) is 0. The van der Waals surface area contributed by atoms with Crippen LogP contribution in [0.2, 0.25) is 0 Å². The van der Waals surface area contributed by atoms with Crippen molar-refractivity contribution < 1.29 is 13.2 Å². The quantitative estimate of drug-likeness (QED) is 0.728. The second-order valence-electron chi connectivity index (χ2n) is 4.59. The van der Waals surface area contributed by atoms with Gasteiger partial charge in [-0.15, -0.1) is 0 Å². The molecule has 1 unspecified atom stereocenters. The lowest BCUT2D eigenvalue weighted by molar-refractivity contribution is -0.137. The molecule has 0 fully saturated rings. The highest BCUT2D eigenvalue weighted by molar-refractivity contribution is 8.03. The molecule has 6 heteroatoms. The third kappa shape index (κ3) is 3.33. The van der Waals surface area contributed by atoms with Crippen LogP contribution in [0.4, 0.5) is 18.9 Å². The number of hydrogen-bond acceptors (Lipinski definition) is 2. The van der Waals surface area contributed by atoms with Crippen LogP contribution in [0.25, 0.3) is 5.70 Å². The third-order valence-corrected chi connectivity index (χ3v) is 4.19. The molecule has 2 aromatic carbocycles. The largest absolute Gasteiger partial charge is 0.416 e. The topological polar surface area (TPSA) is 24.7 Å². The van der Waals surface area contributed by atoms with Gasteiger partial charge in [0, 0.05) is 11.0 Å². The molecule has 0 aromatic heterocycles. The van der Waals surface area contributed by atoms with Crippen molar-refractivity contribution >= 4 is 27.6 Å². The van der Waals surface area contributed by atoms with E-state index in [1.807, 2.05) is 35.7 Å². The van der Waals surface area contributed by atoms with Crippen LogP contribution in [0.1, 0.15) is 11.1 Å². The maximum absolute atomic E-state index is 12.7.